The molecule has 2 rings (SSSR count). The van der Waals surface area contributed by atoms with Gasteiger partial charge in [0.15, 0.2) is 0 Å². The minimum atomic E-state index is 0.717. The summed E-state index contributed by atoms with van der Waals surface area (Å²) in [4.78, 5) is 11.1. The Bertz CT molecular complexity index is 510. The summed E-state index contributed by atoms with van der Waals surface area (Å²) in [7, 11) is 2.06. The van der Waals surface area contributed by atoms with Crippen LogP contribution in [0.2, 0.25) is 0 Å². The zero-order valence-corrected chi connectivity index (χ0v) is 12.5. The van der Waals surface area contributed by atoms with Crippen LogP contribution in [0, 0.1) is 6.92 Å². The lowest BCUT2D eigenvalue weighted by Gasteiger charge is -2.18. The molecular formula is C14H20N4S. The van der Waals surface area contributed by atoms with Gasteiger partial charge in [0.25, 0.3) is 0 Å². The predicted molar refractivity (Wildman–Crippen MR) is 82.0 cm³/mol. The van der Waals surface area contributed by atoms with Gasteiger partial charge in [-0.1, -0.05) is 6.92 Å². The third-order valence-corrected chi connectivity index (χ3v) is 3.50. The van der Waals surface area contributed by atoms with E-state index in [1.165, 1.54) is 5.56 Å². The number of aromatic nitrogens is 2. The molecule has 0 aliphatic heterocycles. The number of rotatable bonds is 6. The molecule has 2 heterocycles. The minimum Gasteiger partial charge on any atom is -0.355 e. The molecule has 0 spiro atoms. The van der Waals surface area contributed by atoms with E-state index in [2.05, 4.69) is 51.0 Å². The third-order valence-electron chi connectivity index (χ3n) is 2.76. The van der Waals surface area contributed by atoms with Crippen LogP contribution >= 0.6 is 11.3 Å². The Kier molecular flexibility index (Phi) is 4.74. The molecule has 0 amide bonds. The van der Waals surface area contributed by atoms with E-state index in [1.54, 1.807) is 11.3 Å². The fraction of sp³-hybridized carbons (Fsp3) is 0.429. The molecule has 0 aliphatic rings. The Morgan fingerprint density at radius 2 is 2.21 bits per heavy atom. The normalized spacial score (nSPS) is 10.5. The molecule has 0 atom stereocenters. The van der Waals surface area contributed by atoms with Gasteiger partial charge in [-0.3, -0.25) is 0 Å². The van der Waals surface area contributed by atoms with Crippen LogP contribution in [0.15, 0.2) is 22.9 Å². The van der Waals surface area contributed by atoms with Crippen LogP contribution < -0.4 is 10.2 Å². The molecule has 0 bridgehead atoms. The number of hydrogen-bond donors (Lipinski definition) is 1. The Morgan fingerprint density at radius 3 is 2.89 bits per heavy atom. The molecule has 2 aromatic heterocycles. The summed E-state index contributed by atoms with van der Waals surface area (Å²) in [5.74, 6) is 1.67. The monoisotopic (exact) mass is 276 g/mol. The quantitative estimate of drug-likeness (QED) is 0.879. The highest BCUT2D eigenvalue weighted by molar-refractivity contribution is 7.07. The Balaban J connectivity index is 2.11. The molecule has 0 aliphatic carbocycles. The van der Waals surface area contributed by atoms with Crippen LogP contribution in [0.3, 0.4) is 0 Å². The van der Waals surface area contributed by atoms with Gasteiger partial charge in [-0.25, -0.2) is 4.98 Å². The third kappa shape index (κ3) is 3.92. The maximum absolute atomic E-state index is 4.56. The lowest BCUT2D eigenvalue weighted by molar-refractivity contribution is 0.881. The largest absolute Gasteiger partial charge is 0.355 e. The summed E-state index contributed by atoms with van der Waals surface area (Å²) in [6, 6.07) is 4.16. The van der Waals surface area contributed by atoms with Crippen LogP contribution in [0.5, 0.6) is 0 Å². The van der Waals surface area contributed by atoms with Crippen molar-refractivity contribution in [3.63, 3.8) is 0 Å². The first-order chi connectivity index (χ1) is 9.19. The maximum atomic E-state index is 4.56. The molecule has 2 aromatic rings. The van der Waals surface area contributed by atoms with E-state index < -0.39 is 0 Å². The maximum Gasteiger partial charge on any atom is 0.224 e. The van der Waals surface area contributed by atoms with Gasteiger partial charge in [-0.2, -0.15) is 16.3 Å². The van der Waals surface area contributed by atoms with Gasteiger partial charge in [-0.15, -0.1) is 0 Å². The van der Waals surface area contributed by atoms with Gasteiger partial charge in [0.2, 0.25) is 5.95 Å². The van der Waals surface area contributed by atoms with Gasteiger partial charge in [-0.05, 0) is 35.7 Å². The Morgan fingerprint density at radius 1 is 1.37 bits per heavy atom. The van der Waals surface area contributed by atoms with Crippen LogP contribution in [0.25, 0.3) is 0 Å². The standard InChI is InChI=1S/C14H20N4S/c1-4-6-15-14-16-11(2)8-13(17-14)18(3)9-12-5-7-19-10-12/h5,7-8,10H,4,6,9H2,1-3H3,(H,15,16,17). The van der Waals surface area contributed by atoms with Crippen LogP contribution in [0.1, 0.15) is 24.6 Å². The highest BCUT2D eigenvalue weighted by Crippen LogP contribution is 2.17. The molecule has 102 valence electrons. The van der Waals surface area contributed by atoms with E-state index in [9.17, 15) is 0 Å². The van der Waals surface area contributed by atoms with Crippen molar-refractivity contribution in [2.45, 2.75) is 26.8 Å². The minimum absolute atomic E-state index is 0.717. The number of hydrogen-bond acceptors (Lipinski definition) is 5. The second-order valence-electron chi connectivity index (χ2n) is 4.61. The first-order valence-electron chi connectivity index (χ1n) is 6.51. The van der Waals surface area contributed by atoms with Crippen molar-refractivity contribution >= 4 is 23.1 Å². The average molecular weight is 276 g/mol. The fourth-order valence-electron chi connectivity index (χ4n) is 1.80. The highest BCUT2D eigenvalue weighted by Gasteiger charge is 2.07. The Labute approximate surface area is 118 Å². The van der Waals surface area contributed by atoms with Crippen LogP contribution in [-0.4, -0.2) is 23.6 Å². The molecule has 0 fully saturated rings. The predicted octanol–water partition coefficient (Wildman–Crippen LogP) is 3.30. The molecule has 0 saturated carbocycles. The van der Waals surface area contributed by atoms with Crippen molar-refractivity contribution in [1.29, 1.82) is 0 Å². The lowest BCUT2D eigenvalue weighted by atomic mass is 10.3. The topological polar surface area (TPSA) is 41.1 Å². The van der Waals surface area contributed by atoms with Crippen molar-refractivity contribution < 1.29 is 0 Å². The molecule has 0 saturated heterocycles. The molecule has 0 aromatic carbocycles. The van der Waals surface area contributed by atoms with Crippen LogP contribution in [0.4, 0.5) is 11.8 Å². The van der Waals surface area contributed by atoms with Crippen molar-refractivity contribution in [2.75, 3.05) is 23.8 Å². The molecule has 1 N–H and O–H groups in total. The van der Waals surface area contributed by atoms with E-state index in [-0.39, 0.29) is 0 Å². The van der Waals surface area contributed by atoms with Crippen molar-refractivity contribution in [3.8, 4) is 0 Å². The van der Waals surface area contributed by atoms with E-state index in [0.717, 1.165) is 31.0 Å². The molecule has 4 nitrogen and oxygen atoms in total. The summed E-state index contributed by atoms with van der Waals surface area (Å²) in [6.07, 6.45) is 1.07. The second kappa shape index (κ2) is 6.52. The summed E-state index contributed by atoms with van der Waals surface area (Å²) in [6.45, 7) is 5.90. The van der Waals surface area contributed by atoms with Crippen LogP contribution in [-0.2, 0) is 6.54 Å². The van der Waals surface area contributed by atoms with E-state index >= 15 is 0 Å². The molecule has 19 heavy (non-hydrogen) atoms. The molecular weight excluding hydrogens is 256 g/mol. The van der Waals surface area contributed by atoms with Crippen molar-refractivity contribution in [2.24, 2.45) is 0 Å². The van der Waals surface area contributed by atoms with Gasteiger partial charge in [0.05, 0.1) is 0 Å². The first-order valence-corrected chi connectivity index (χ1v) is 7.45. The number of thiophene rings is 1. The summed E-state index contributed by atoms with van der Waals surface area (Å²) < 4.78 is 0. The number of nitrogens with zero attached hydrogens (tertiary/aromatic N) is 3. The highest BCUT2D eigenvalue weighted by atomic mass is 32.1. The van der Waals surface area contributed by atoms with E-state index in [0.29, 0.717) is 5.95 Å². The van der Waals surface area contributed by atoms with E-state index in [1.807, 2.05) is 13.0 Å². The van der Waals surface area contributed by atoms with Gasteiger partial charge < -0.3 is 10.2 Å². The van der Waals surface area contributed by atoms with Gasteiger partial charge >= 0.3 is 0 Å². The fourth-order valence-corrected chi connectivity index (χ4v) is 2.46. The summed E-state index contributed by atoms with van der Waals surface area (Å²) in [5.41, 5.74) is 2.30. The number of anilines is 2. The summed E-state index contributed by atoms with van der Waals surface area (Å²) >= 11 is 1.72. The number of aryl methyl sites for hydroxylation is 1. The van der Waals surface area contributed by atoms with Gasteiger partial charge in [0, 0.05) is 31.9 Å². The molecule has 0 radical (unpaired) electrons. The second-order valence-corrected chi connectivity index (χ2v) is 5.39. The summed E-state index contributed by atoms with van der Waals surface area (Å²) in [5, 5.41) is 7.51. The molecule has 0 unspecified atom stereocenters. The average Bonchev–Trinajstić information content (AvgIpc) is 2.88. The Hall–Kier alpha value is -1.62. The lowest BCUT2D eigenvalue weighted by Crippen LogP contribution is -2.18. The zero-order chi connectivity index (χ0) is 13.7. The van der Waals surface area contributed by atoms with Gasteiger partial charge in [0.1, 0.15) is 5.82 Å². The van der Waals surface area contributed by atoms with Crippen molar-refractivity contribution in [1.82, 2.24) is 9.97 Å². The molecule has 5 heteroatoms. The SMILES string of the molecule is CCCNc1nc(C)cc(N(C)Cc2ccsc2)n1. The number of nitrogens with one attached hydrogen (secondary N) is 1. The first kappa shape index (κ1) is 13.8. The van der Waals surface area contributed by atoms with E-state index in [4.69, 9.17) is 0 Å². The van der Waals surface area contributed by atoms with Crippen molar-refractivity contribution in [3.05, 3.63) is 34.2 Å². The smallest absolute Gasteiger partial charge is 0.224 e. The zero-order valence-electron chi connectivity index (χ0n) is 11.7.